The monoisotopic (exact) mass is 577 g/mol. The maximum absolute atomic E-state index is 12.9. The fourth-order valence-corrected chi connectivity index (χ4v) is 5.11. The summed E-state index contributed by atoms with van der Waals surface area (Å²) >= 11 is 0. The Morgan fingerprint density at radius 3 is 2.51 bits per heavy atom. The standard InChI is InChI=1S/C33H35N7O3/c1-21(2)24-12-16-35-29(18-24)38-33(41)23-6-10-27(11-7-23)43-28-14-17-36-32-30(28)31(37-25-13-15-34-19-25)39-40(32)20-22-4-8-26(42-3)9-5-22/h4-12,14,16-18,21,25,34H,13,15,19-20H2,1-3H3,(H,37,39)(H,35,38,41)/t25-/m1/s1. The average molecular weight is 578 g/mol. The Balaban J connectivity index is 1.25. The van der Waals surface area contributed by atoms with Gasteiger partial charge in [-0.2, -0.15) is 5.10 Å². The highest BCUT2D eigenvalue weighted by atomic mass is 16.5. The van der Waals surface area contributed by atoms with E-state index in [-0.39, 0.29) is 11.9 Å². The van der Waals surface area contributed by atoms with Gasteiger partial charge in [-0.1, -0.05) is 26.0 Å². The van der Waals surface area contributed by atoms with Gasteiger partial charge in [0.1, 0.15) is 28.5 Å². The lowest BCUT2D eigenvalue weighted by Crippen LogP contribution is -2.22. The van der Waals surface area contributed by atoms with E-state index in [2.05, 4.69) is 39.8 Å². The van der Waals surface area contributed by atoms with Gasteiger partial charge in [0.05, 0.1) is 13.7 Å². The number of aromatic nitrogens is 4. The Bertz CT molecular complexity index is 1710. The van der Waals surface area contributed by atoms with E-state index in [9.17, 15) is 4.79 Å². The van der Waals surface area contributed by atoms with Gasteiger partial charge in [-0.3, -0.25) is 4.79 Å². The number of benzene rings is 2. The van der Waals surface area contributed by atoms with E-state index in [0.717, 1.165) is 47.6 Å². The number of rotatable bonds is 10. The lowest BCUT2D eigenvalue weighted by Gasteiger charge is -2.12. The molecule has 0 unspecified atom stereocenters. The van der Waals surface area contributed by atoms with Crippen molar-refractivity contribution in [2.75, 3.05) is 30.8 Å². The van der Waals surface area contributed by atoms with Gasteiger partial charge >= 0.3 is 0 Å². The Morgan fingerprint density at radius 1 is 1.02 bits per heavy atom. The molecule has 0 aliphatic carbocycles. The summed E-state index contributed by atoms with van der Waals surface area (Å²) in [6.07, 6.45) is 4.44. The van der Waals surface area contributed by atoms with Crippen molar-refractivity contribution in [3.05, 3.63) is 95.8 Å². The van der Waals surface area contributed by atoms with Gasteiger partial charge in [0.25, 0.3) is 5.91 Å². The molecule has 1 amide bonds. The third kappa shape index (κ3) is 6.44. The van der Waals surface area contributed by atoms with Crippen LogP contribution in [0.5, 0.6) is 17.2 Å². The van der Waals surface area contributed by atoms with E-state index in [4.69, 9.17) is 14.6 Å². The van der Waals surface area contributed by atoms with Crippen LogP contribution in [-0.4, -0.2) is 51.9 Å². The molecular formula is C33H35N7O3. The summed E-state index contributed by atoms with van der Waals surface area (Å²) in [5.74, 6) is 3.40. The molecule has 5 aromatic rings. The highest BCUT2D eigenvalue weighted by Gasteiger charge is 2.22. The molecule has 43 heavy (non-hydrogen) atoms. The number of carbonyl (C=O) groups is 1. The van der Waals surface area contributed by atoms with Crippen LogP contribution in [0.2, 0.25) is 0 Å². The molecule has 10 nitrogen and oxygen atoms in total. The van der Waals surface area contributed by atoms with Crippen LogP contribution in [-0.2, 0) is 6.54 Å². The van der Waals surface area contributed by atoms with E-state index in [0.29, 0.717) is 41.0 Å². The number of anilines is 2. The number of hydrogen-bond acceptors (Lipinski definition) is 8. The van der Waals surface area contributed by atoms with Crippen LogP contribution in [0.1, 0.15) is 47.7 Å². The van der Waals surface area contributed by atoms with Crippen LogP contribution in [0.3, 0.4) is 0 Å². The second-order valence-corrected chi connectivity index (χ2v) is 10.9. The Labute approximate surface area is 250 Å². The molecule has 1 aliphatic rings. The van der Waals surface area contributed by atoms with Crippen molar-refractivity contribution in [3.63, 3.8) is 0 Å². The Morgan fingerprint density at radius 2 is 1.79 bits per heavy atom. The molecule has 0 radical (unpaired) electrons. The molecule has 2 aromatic carbocycles. The zero-order valence-electron chi connectivity index (χ0n) is 24.5. The van der Waals surface area contributed by atoms with Crippen LogP contribution in [0.25, 0.3) is 11.0 Å². The van der Waals surface area contributed by atoms with Gasteiger partial charge in [0, 0.05) is 36.6 Å². The maximum atomic E-state index is 12.9. The average Bonchev–Trinajstić information content (AvgIpc) is 3.66. The molecule has 3 N–H and O–H groups in total. The Hall–Kier alpha value is -4.96. The smallest absolute Gasteiger partial charge is 0.256 e. The molecular weight excluding hydrogens is 542 g/mol. The molecule has 6 rings (SSSR count). The molecule has 220 valence electrons. The number of amides is 1. The molecule has 10 heteroatoms. The minimum absolute atomic E-state index is 0.234. The lowest BCUT2D eigenvalue weighted by molar-refractivity contribution is 0.102. The number of methoxy groups -OCH3 is 1. The summed E-state index contributed by atoms with van der Waals surface area (Å²) in [6, 6.07) is 20.9. The molecule has 1 aliphatic heterocycles. The molecule has 3 aromatic heterocycles. The largest absolute Gasteiger partial charge is 0.497 e. The minimum Gasteiger partial charge on any atom is -0.497 e. The summed E-state index contributed by atoms with van der Waals surface area (Å²) in [6.45, 7) is 6.58. The molecule has 0 spiro atoms. The van der Waals surface area contributed by atoms with Crippen molar-refractivity contribution in [2.45, 2.75) is 38.8 Å². The number of nitrogens with zero attached hydrogens (tertiary/aromatic N) is 4. The number of carbonyl (C=O) groups excluding carboxylic acids is 1. The molecule has 0 saturated carbocycles. The maximum Gasteiger partial charge on any atom is 0.256 e. The van der Waals surface area contributed by atoms with Gasteiger partial charge < -0.3 is 25.4 Å². The fourth-order valence-electron chi connectivity index (χ4n) is 5.11. The highest BCUT2D eigenvalue weighted by molar-refractivity contribution is 6.03. The summed E-state index contributed by atoms with van der Waals surface area (Å²) in [7, 11) is 1.66. The third-order valence-electron chi connectivity index (χ3n) is 7.52. The summed E-state index contributed by atoms with van der Waals surface area (Å²) in [5.41, 5.74) is 3.41. The first-order valence-corrected chi connectivity index (χ1v) is 14.5. The number of pyridine rings is 2. The SMILES string of the molecule is COc1ccc(Cn2nc(N[C@@H]3CCNC3)c3c(Oc4ccc(C(=O)Nc5cc(C(C)C)ccn5)cc4)ccnc32)cc1. The molecule has 4 heterocycles. The molecule has 1 atom stereocenters. The van der Waals surface area contributed by atoms with Gasteiger partial charge in [-0.15, -0.1) is 0 Å². The van der Waals surface area contributed by atoms with Gasteiger partial charge in [-0.25, -0.2) is 14.6 Å². The number of nitrogens with one attached hydrogen (secondary N) is 3. The number of ether oxygens (including phenoxy) is 2. The normalized spacial score (nSPS) is 14.7. The molecule has 1 saturated heterocycles. The van der Waals surface area contributed by atoms with Crippen LogP contribution in [0.15, 0.2) is 79.1 Å². The summed E-state index contributed by atoms with van der Waals surface area (Å²) in [4.78, 5) is 21.9. The topological polar surface area (TPSA) is 115 Å². The van der Waals surface area contributed by atoms with Crippen molar-refractivity contribution in [3.8, 4) is 17.2 Å². The minimum atomic E-state index is -0.234. The zero-order chi connectivity index (χ0) is 29.8. The first kappa shape index (κ1) is 28.2. The van der Waals surface area contributed by atoms with Crippen molar-refractivity contribution in [1.82, 2.24) is 25.1 Å². The van der Waals surface area contributed by atoms with E-state index < -0.39 is 0 Å². The summed E-state index contributed by atoms with van der Waals surface area (Å²) in [5, 5.41) is 15.6. The first-order chi connectivity index (χ1) is 21.0. The van der Waals surface area contributed by atoms with Crippen molar-refractivity contribution >= 4 is 28.6 Å². The van der Waals surface area contributed by atoms with E-state index in [1.54, 1.807) is 43.8 Å². The predicted octanol–water partition coefficient (Wildman–Crippen LogP) is 5.83. The van der Waals surface area contributed by atoms with Crippen LogP contribution in [0, 0.1) is 0 Å². The van der Waals surface area contributed by atoms with Crippen LogP contribution >= 0.6 is 0 Å². The molecule has 1 fully saturated rings. The van der Waals surface area contributed by atoms with Gasteiger partial charge in [0.15, 0.2) is 11.5 Å². The third-order valence-corrected chi connectivity index (χ3v) is 7.52. The van der Waals surface area contributed by atoms with E-state index >= 15 is 0 Å². The van der Waals surface area contributed by atoms with Crippen LogP contribution < -0.4 is 25.4 Å². The zero-order valence-corrected chi connectivity index (χ0v) is 24.5. The van der Waals surface area contributed by atoms with E-state index in [1.165, 1.54) is 0 Å². The van der Waals surface area contributed by atoms with Crippen molar-refractivity contribution in [1.29, 1.82) is 0 Å². The lowest BCUT2D eigenvalue weighted by atomic mass is 10.1. The fraction of sp³-hybridized carbons (Fsp3) is 0.273. The van der Waals surface area contributed by atoms with Crippen LogP contribution in [0.4, 0.5) is 11.6 Å². The molecule has 0 bridgehead atoms. The van der Waals surface area contributed by atoms with Gasteiger partial charge in [0.2, 0.25) is 0 Å². The van der Waals surface area contributed by atoms with E-state index in [1.807, 2.05) is 47.1 Å². The Kier molecular flexibility index (Phi) is 8.19. The number of hydrogen-bond donors (Lipinski definition) is 3. The highest BCUT2D eigenvalue weighted by Crippen LogP contribution is 2.35. The van der Waals surface area contributed by atoms with Crippen molar-refractivity contribution < 1.29 is 14.3 Å². The first-order valence-electron chi connectivity index (χ1n) is 14.5. The predicted molar refractivity (Wildman–Crippen MR) is 167 cm³/mol. The summed E-state index contributed by atoms with van der Waals surface area (Å²) < 4.78 is 13.6. The number of fused-ring (bicyclic) bond motifs is 1. The quantitative estimate of drug-likeness (QED) is 0.190. The second-order valence-electron chi connectivity index (χ2n) is 10.9. The van der Waals surface area contributed by atoms with Gasteiger partial charge in [-0.05, 0) is 78.5 Å². The van der Waals surface area contributed by atoms with Crippen molar-refractivity contribution in [2.24, 2.45) is 0 Å². The second kappa shape index (κ2) is 12.5.